The first-order valence-electron chi connectivity index (χ1n) is 6.59. The lowest BCUT2D eigenvalue weighted by Crippen LogP contribution is -2.49. The fourth-order valence-corrected chi connectivity index (χ4v) is 2.98. The second kappa shape index (κ2) is 7.37. The maximum absolute atomic E-state index is 11.1. The Morgan fingerprint density at radius 2 is 1.33 bits per heavy atom. The highest BCUT2D eigenvalue weighted by atomic mass is 16.7. The van der Waals surface area contributed by atoms with Gasteiger partial charge in [-0.2, -0.15) is 0 Å². The van der Waals surface area contributed by atoms with Crippen molar-refractivity contribution >= 4 is 17.9 Å². The molecule has 1 fully saturated rings. The van der Waals surface area contributed by atoms with Gasteiger partial charge in [0.25, 0.3) is 0 Å². The molecule has 0 amide bonds. The Bertz CT molecular complexity index is 407. The molecule has 1 aliphatic rings. The summed E-state index contributed by atoms with van der Waals surface area (Å²) in [6, 6.07) is 0. The summed E-state index contributed by atoms with van der Waals surface area (Å²) in [7, 11) is 1.35. The van der Waals surface area contributed by atoms with Crippen LogP contribution in [0.15, 0.2) is 0 Å². The third-order valence-corrected chi connectivity index (χ3v) is 3.86. The SMILES string of the molecule is CO[C@H]1O[C@H](C)[C@H](CC(=O)O)[C@H](CC(=O)O)[C@H]1CC(=O)O. The number of carboxylic acids is 3. The quantitative estimate of drug-likeness (QED) is 0.625. The number of carboxylic acid groups (broad SMARTS) is 3. The van der Waals surface area contributed by atoms with Gasteiger partial charge in [-0.05, 0) is 18.8 Å². The van der Waals surface area contributed by atoms with Crippen LogP contribution in [0.1, 0.15) is 26.2 Å². The minimum atomic E-state index is -1.11. The van der Waals surface area contributed by atoms with Crippen LogP contribution in [0.3, 0.4) is 0 Å². The van der Waals surface area contributed by atoms with Gasteiger partial charge in [-0.25, -0.2) is 0 Å². The van der Waals surface area contributed by atoms with Gasteiger partial charge in [0.2, 0.25) is 0 Å². The van der Waals surface area contributed by atoms with Gasteiger partial charge in [0, 0.05) is 19.4 Å². The lowest BCUT2D eigenvalue weighted by molar-refractivity contribution is -0.245. The van der Waals surface area contributed by atoms with Crippen LogP contribution in [0.5, 0.6) is 0 Å². The van der Waals surface area contributed by atoms with Crippen LogP contribution in [0.4, 0.5) is 0 Å². The molecular weight excluding hydrogens is 284 g/mol. The van der Waals surface area contributed by atoms with E-state index in [2.05, 4.69) is 0 Å². The molecule has 0 spiro atoms. The summed E-state index contributed by atoms with van der Waals surface area (Å²) in [5.74, 6) is -5.20. The molecule has 1 aliphatic heterocycles. The van der Waals surface area contributed by atoms with Crippen molar-refractivity contribution in [1.29, 1.82) is 0 Å². The first-order valence-corrected chi connectivity index (χ1v) is 6.59. The molecule has 1 saturated heterocycles. The molecule has 0 aromatic heterocycles. The van der Waals surface area contributed by atoms with Gasteiger partial charge in [-0.15, -0.1) is 0 Å². The molecule has 8 heteroatoms. The highest BCUT2D eigenvalue weighted by Gasteiger charge is 2.46. The van der Waals surface area contributed by atoms with Crippen molar-refractivity contribution in [3.05, 3.63) is 0 Å². The van der Waals surface area contributed by atoms with Crippen LogP contribution >= 0.6 is 0 Å². The van der Waals surface area contributed by atoms with Gasteiger partial charge in [0.05, 0.1) is 18.9 Å². The minimum absolute atomic E-state index is 0.272. The van der Waals surface area contributed by atoms with Crippen molar-refractivity contribution in [1.82, 2.24) is 0 Å². The van der Waals surface area contributed by atoms with Crippen molar-refractivity contribution in [3.63, 3.8) is 0 Å². The lowest BCUT2D eigenvalue weighted by atomic mass is 9.71. The average Bonchev–Trinajstić information content (AvgIpc) is 2.35. The van der Waals surface area contributed by atoms with Crippen molar-refractivity contribution in [2.45, 2.75) is 38.6 Å². The Balaban J connectivity index is 3.08. The van der Waals surface area contributed by atoms with Crippen LogP contribution in [-0.2, 0) is 23.9 Å². The van der Waals surface area contributed by atoms with Gasteiger partial charge in [-0.1, -0.05) is 0 Å². The highest BCUT2D eigenvalue weighted by Crippen LogP contribution is 2.41. The van der Waals surface area contributed by atoms with E-state index >= 15 is 0 Å². The third kappa shape index (κ3) is 4.68. The van der Waals surface area contributed by atoms with Crippen molar-refractivity contribution in [2.24, 2.45) is 17.8 Å². The summed E-state index contributed by atoms with van der Waals surface area (Å²) >= 11 is 0. The summed E-state index contributed by atoms with van der Waals surface area (Å²) in [6.07, 6.45) is -2.31. The van der Waals surface area contributed by atoms with Gasteiger partial charge in [0.1, 0.15) is 0 Å². The van der Waals surface area contributed by atoms with Crippen molar-refractivity contribution in [3.8, 4) is 0 Å². The summed E-state index contributed by atoms with van der Waals surface area (Å²) in [5.41, 5.74) is 0. The van der Waals surface area contributed by atoms with Crippen LogP contribution in [0, 0.1) is 17.8 Å². The molecule has 21 heavy (non-hydrogen) atoms. The molecule has 0 aliphatic carbocycles. The van der Waals surface area contributed by atoms with E-state index < -0.39 is 48.1 Å². The standard InChI is InChI=1S/C13H20O8/c1-6-7(3-10(14)15)8(4-11(16)17)9(5-12(18)19)13(20-2)21-6/h6-9,13H,3-5H2,1-2H3,(H,14,15)(H,16,17)(H,18,19)/t6-,7+,8+,9-,13+/m1/s1. The molecule has 5 atom stereocenters. The third-order valence-electron chi connectivity index (χ3n) is 3.86. The second-order valence-electron chi connectivity index (χ2n) is 5.23. The molecule has 0 aromatic carbocycles. The van der Waals surface area contributed by atoms with Gasteiger partial charge >= 0.3 is 17.9 Å². The van der Waals surface area contributed by atoms with Crippen LogP contribution in [-0.4, -0.2) is 52.7 Å². The number of aliphatic carboxylic acids is 3. The van der Waals surface area contributed by atoms with E-state index in [1.165, 1.54) is 7.11 Å². The number of hydrogen-bond acceptors (Lipinski definition) is 5. The van der Waals surface area contributed by atoms with Crippen LogP contribution in [0.2, 0.25) is 0 Å². The molecule has 1 rings (SSSR count). The second-order valence-corrected chi connectivity index (χ2v) is 5.23. The van der Waals surface area contributed by atoms with Crippen LogP contribution in [0.25, 0.3) is 0 Å². The molecule has 1 heterocycles. The summed E-state index contributed by atoms with van der Waals surface area (Å²) in [5, 5.41) is 27.0. The molecular formula is C13H20O8. The summed E-state index contributed by atoms with van der Waals surface area (Å²) in [4.78, 5) is 33.0. The van der Waals surface area contributed by atoms with Crippen molar-refractivity contribution < 1.29 is 39.2 Å². The Labute approximate surface area is 121 Å². The predicted molar refractivity (Wildman–Crippen MR) is 68.6 cm³/mol. The molecule has 0 aromatic rings. The normalized spacial score (nSPS) is 32.6. The maximum atomic E-state index is 11.1. The van der Waals surface area contributed by atoms with E-state index in [0.29, 0.717) is 0 Å². The summed E-state index contributed by atoms with van der Waals surface area (Å²) in [6.45, 7) is 1.64. The monoisotopic (exact) mass is 304 g/mol. The molecule has 0 bridgehead atoms. The van der Waals surface area contributed by atoms with E-state index in [0.717, 1.165) is 0 Å². The molecule has 120 valence electrons. The van der Waals surface area contributed by atoms with E-state index in [1.807, 2.05) is 0 Å². The smallest absolute Gasteiger partial charge is 0.303 e. The molecule has 3 N–H and O–H groups in total. The zero-order valence-electron chi connectivity index (χ0n) is 11.9. The highest BCUT2D eigenvalue weighted by molar-refractivity contribution is 5.70. The Kier molecular flexibility index (Phi) is 6.10. The predicted octanol–water partition coefficient (Wildman–Crippen LogP) is 0.650. The number of hydrogen-bond donors (Lipinski definition) is 3. The zero-order chi connectivity index (χ0) is 16.2. The molecule has 0 unspecified atom stereocenters. The van der Waals surface area contributed by atoms with Gasteiger partial charge in [0.15, 0.2) is 6.29 Å². The number of carbonyl (C=O) groups is 3. The first-order chi connectivity index (χ1) is 9.76. The zero-order valence-corrected chi connectivity index (χ0v) is 11.9. The summed E-state index contributed by atoms with van der Waals surface area (Å²) < 4.78 is 10.6. The molecule has 0 radical (unpaired) electrons. The van der Waals surface area contributed by atoms with E-state index in [-0.39, 0.29) is 19.3 Å². The Hall–Kier alpha value is -1.67. The maximum Gasteiger partial charge on any atom is 0.303 e. The lowest BCUT2D eigenvalue weighted by Gasteiger charge is -2.44. The number of rotatable bonds is 7. The van der Waals surface area contributed by atoms with E-state index in [9.17, 15) is 14.4 Å². The van der Waals surface area contributed by atoms with E-state index in [4.69, 9.17) is 24.8 Å². The van der Waals surface area contributed by atoms with Crippen LogP contribution < -0.4 is 0 Å². The number of methoxy groups -OCH3 is 1. The van der Waals surface area contributed by atoms with E-state index in [1.54, 1.807) is 6.92 Å². The topological polar surface area (TPSA) is 130 Å². The number of ether oxygens (including phenoxy) is 2. The van der Waals surface area contributed by atoms with Gasteiger partial charge in [-0.3, -0.25) is 14.4 Å². The van der Waals surface area contributed by atoms with Gasteiger partial charge < -0.3 is 24.8 Å². The van der Waals surface area contributed by atoms with Crippen molar-refractivity contribution in [2.75, 3.05) is 7.11 Å². The first kappa shape index (κ1) is 17.4. The minimum Gasteiger partial charge on any atom is -0.481 e. The molecule has 0 saturated carbocycles. The fourth-order valence-electron chi connectivity index (χ4n) is 2.98. The Morgan fingerprint density at radius 3 is 1.76 bits per heavy atom. The fraction of sp³-hybridized carbons (Fsp3) is 0.769. The molecule has 8 nitrogen and oxygen atoms in total. The largest absolute Gasteiger partial charge is 0.481 e. The average molecular weight is 304 g/mol. The Morgan fingerprint density at radius 1 is 0.905 bits per heavy atom.